The number of methoxy groups -OCH3 is 3. The van der Waals surface area contributed by atoms with Crippen molar-refractivity contribution in [3.8, 4) is 28.7 Å². The Morgan fingerprint density at radius 2 is 1.67 bits per heavy atom. The molecule has 2 amide bonds. The minimum absolute atomic E-state index is 0.0216. The summed E-state index contributed by atoms with van der Waals surface area (Å²) in [5.74, 6) is -0.771. The molecule has 3 heterocycles. The number of hydrogen-bond acceptors (Lipinski definition) is 13. The van der Waals surface area contributed by atoms with E-state index in [-0.39, 0.29) is 50.6 Å². The first-order valence-electron chi connectivity index (χ1n) is 15.0. The number of rotatable bonds is 11. The van der Waals surface area contributed by atoms with Gasteiger partial charge in [-0.2, -0.15) is 0 Å². The van der Waals surface area contributed by atoms with Gasteiger partial charge in [-0.05, 0) is 42.3 Å². The number of likely N-dealkylation sites (tertiary alicyclic amines) is 1. The lowest BCUT2D eigenvalue weighted by molar-refractivity contribution is -0.155. The van der Waals surface area contributed by atoms with Gasteiger partial charge in [0.05, 0.1) is 45.5 Å². The van der Waals surface area contributed by atoms with Gasteiger partial charge in [0.2, 0.25) is 24.4 Å². The van der Waals surface area contributed by atoms with Crippen LogP contribution < -0.4 is 29.4 Å². The molecule has 3 aliphatic heterocycles. The Morgan fingerprint density at radius 3 is 2.30 bits per heavy atom. The van der Waals surface area contributed by atoms with E-state index in [1.807, 2.05) is 6.92 Å². The van der Waals surface area contributed by atoms with Gasteiger partial charge in [-0.3, -0.25) is 24.1 Å². The van der Waals surface area contributed by atoms with Crippen LogP contribution in [0, 0.1) is 11.8 Å². The number of amides is 2. The summed E-state index contributed by atoms with van der Waals surface area (Å²) < 4.78 is 39.7. The minimum Gasteiger partial charge on any atom is -0.493 e. The Hall–Kier alpha value is -4.17. The quantitative estimate of drug-likeness (QED) is 0.278. The van der Waals surface area contributed by atoms with Crippen LogP contribution >= 0.6 is 11.8 Å². The third kappa shape index (κ3) is 5.68. The van der Waals surface area contributed by atoms with Crippen molar-refractivity contribution in [2.24, 2.45) is 17.6 Å². The fraction of sp³-hybridized carbons (Fsp3) is 0.500. The Balaban J connectivity index is 1.31. The molecular weight excluding hydrogens is 620 g/mol. The first-order chi connectivity index (χ1) is 22.1. The van der Waals surface area contributed by atoms with Gasteiger partial charge < -0.3 is 38.9 Å². The standard InChI is InChI=1S/C32H36N2O11S/c1-15(33)13-46-24-11-25(35)34(31(24)37)6-5-26(36)45-29-18-10-21-20(43-14-44-21)9-17(18)27(28-19(29)12-42-32(28)38)16-7-22(39-2)30(41-4)23(8-16)40-3/h7-10,15,19,24,27-29H,5-6,11-14,33H2,1-4H3/t15-,19+,24?,27-,28+,29+/m1/s1. The van der Waals surface area contributed by atoms with Crippen LogP contribution in [0.3, 0.4) is 0 Å². The molecule has 2 saturated heterocycles. The molecule has 0 spiro atoms. The topological polar surface area (TPSA) is 162 Å². The van der Waals surface area contributed by atoms with Gasteiger partial charge in [-0.25, -0.2) is 0 Å². The van der Waals surface area contributed by atoms with E-state index >= 15 is 0 Å². The molecule has 2 fully saturated rings. The fourth-order valence-corrected chi connectivity index (χ4v) is 7.70. The molecule has 2 N–H and O–H groups in total. The average Bonchev–Trinajstić information content (AvgIpc) is 3.74. The van der Waals surface area contributed by atoms with Crippen molar-refractivity contribution in [3.63, 3.8) is 0 Å². The normalized spacial score (nSPS) is 25.1. The Labute approximate surface area is 269 Å². The maximum Gasteiger partial charge on any atom is 0.310 e. The Bertz CT molecular complexity index is 1540. The number of carbonyl (C=O) groups is 4. The lowest BCUT2D eigenvalue weighted by Crippen LogP contribution is -2.37. The molecule has 4 aliphatic rings. The second-order valence-corrected chi connectivity index (χ2v) is 12.9. The van der Waals surface area contributed by atoms with Crippen molar-refractivity contribution in [2.45, 2.75) is 43.1 Å². The average molecular weight is 657 g/mol. The number of esters is 2. The maximum absolute atomic E-state index is 13.4. The van der Waals surface area contributed by atoms with Crippen LogP contribution in [0.1, 0.15) is 48.5 Å². The van der Waals surface area contributed by atoms with Crippen molar-refractivity contribution in [3.05, 3.63) is 41.0 Å². The second-order valence-electron chi connectivity index (χ2n) is 11.6. The summed E-state index contributed by atoms with van der Waals surface area (Å²) in [5.41, 5.74) is 7.84. The summed E-state index contributed by atoms with van der Waals surface area (Å²) in [5, 5.41) is -0.515. The van der Waals surface area contributed by atoms with E-state index in [4.69, 9.17) is 38.9 Å². The highest BCUT2D eigenvalue weighted by molar-refractivity contribution is 8.00. The molecule has 1 aliphatic carbocycles. The SMILES string of the molecule is COc1cc([C@@H]2c3cc4c(cc3[C@H](OC(=O)CCN3C(=O)CC(SC[C@@H](C)N)C3=O)[C@H]3COC(=O)[C@H]23)OCO4)cc(OC)c1OC. The molecule has 0 saturated carbocycles. The van der Waals surface area contributed by atoms with E-state index in [1.165, 1.54) is 33.1 Å². The van der Waals surface area contributed by atoms with Crippen molar-refractivity contribution < 1.29 is 52.3 Å². The van der Waals surface area contributed by atoms with E-state index in [9.17, 15) is 19.2 Å². The van der Waals surface area contributed by atoms with E-state index in [0.29, 0.717) is 51.2 Å². The van der Waals surface area contributed by atoms with Gasteiger partial charge >= 0.3 is 11.9 Å². The number of hydrogen-bond donors (Lipinski definition) is 1. The number of carbonyl (C=O) groups excluding carboxylic acids is 4. The Kier molecular flexibility index (Phi) is 8.92. The first-order valence-corrected chi connectivity index (χ1v) is 16.0. The van der Waals surface area contributed by atoms with Crippen molar-refractivity contribution in [1.29, 1.82) is 0 Å². The zero-order chi connectivity index (χ0) is 32.7. The lowest BCUT2D eigenvalue weighted by atomic mass is 9.66. The molecule has 0 radical (unpaired) electrons. The van der Waals surface area contributed by atoms with Crippen LogP contribution in [0.2, 0.25) is 0 Å². The number of imide groups is 1. The predicted molar refractivity (Wildman–Crippen MR) is 163 cm³/mol. The molecule has 2 aromatic carbocycles. The lowest BCUT2D eigenvalue weighted by Gasteiger charge is -2.38. The molecule has 1 unspecified atom stereocenters. The van der Waals surface area contributed by atoms with E-state index in [0.717, 1.165) is 4.90 Å². The number of nitrogens with zero attached hydrogens (tertiary/aromatic N) is 1. The molecule has 2 aromatic rings. The highest BCUT2D eigenvalue weighted by Gasteiger charge is 2.54. The number of nitrogens with two attached hydrogens (primary N) is 1. The molecule has 14 heteroatoms. The number of ether oxygens (including phenoxy) is 7. The highest BCUT2D eigenvalue weighted by Crippen LogP contribution is 2.56. The second kappa shape index (κ2) is 12.9. The summed E-state index contributed by atoms with van der Waals surface area (Å²) in [7, 11) is 4.53. The van der Waals surface area contributed by atoms with Crippen molar-refractivity contribution in [1.82, 2.24) is 4.90 Å². The third-order valence-electron chi connectivity index (χ3n) is 8.73. The molecule has 0 aromatic heterocycles. The molecule has 6 rings (SSSR count). The van der Waals surface area contributed by atoms with Gasteiger partial charge in [0.15, 0.2) is 23.0 Å². The summed E-state index contributed by atoms with van der Waals surface area (Å²) in [6.07, 6.45) is -1.01. The monoisotopic (exact) mass is 656 g/mol. The van der Waals surface area contributed by atoms with Crippen LogP contribution in [-0.2, 0) is 28.7 Å². The summed E-state index contributed by atoms with van der Waals surface area (Å²) in [6, 6.07) is 7.04. The maximum atomic E-state index is 13.4. The molecule has 13 nitrogen and oxygen atoms in total. The first kappa shape index (κ1) is 31.8. The number of benzene rings is 2. The summed E-state index contributed by atoms with van der Waals surface area (Å²) in [6.45, 7) is 1.77. The fourth-order valence-electron chi connectivity index (χ4n) is 6.63. The van der Waals surface area contributed by atoms with E-state index in [1.54, 1.807) is 24.3 Å². The molecule has 0 bridgehead atoms. The number of thioether (sulfide) groups is 1. The zero-order valence-corrected chi connectivity index (χ0v) is 26.8. The van der Waals surface area contributed by atoms with Gasteiger partial charge in [-0.15, -0.1) is 11.8 Å². The van der Waals surface area contributed by atoms with Crippen LogP contribution in [0.25, 0.3) is 0 Å². The smallest absolute Gasteiger partial charge is 0.310 e. The zero-order valence-electron chi connectivity index (χ0n) is 25.9. The third-order valence-corrected chi connectivity index (χ3v) is 10.2. The van der Waals surface area contributed by atoms with Crippen molar-refractivity contribution in [2.75, 3.05) is 47.0 Å². The van der Waals surface area contributed by atoms with E-state index < -0.39 is 41.0 Å². The molecule has 6 atom stereocenters. The van der Waals surface area contributed by atoms with E-state index in [2.05, 4.69) is 0 Å². The number of cyclic esters (lactones) is 1. The van der Waals surface area contributed by atoms with Crippen LogP contribution in [-0.4, -0.2) is 87.0 Å². The van der Waals surface area contributed by atoms with Gasteiger partial charge in [0.25, 0.3) is 0 Å². The number of fused-ring (bicyclic) bond motifs is 3. The van der Waals surface area contributed by atoms with Crippen LogP contribution in [0.4, 0.5) is 0 Å². The predicted octanol–water partition coefficient (Wildman–Crippen LogP) is 2.56. The molecule has 46 heavy (non-hydrogen) atoms. The van der Waals surface area contributed by atoms with Crippen LogP contribution in [0.5, 0.6) is 28.7 Å². The minimum atomic E-state index is -0.869. The van der Waals surface area contributed by atoms with Crippen LogP contribution in [0.15, 0.2) is 24.3 Å². The molecule has 246 valence electrons. The summed E-state index contributed by atoms with van der Waals surface area (Å²) >= 11 is 1.34. The Morgan fingerprint density at radius 1 is 1.00 bits per heavy atom. The summed E-state index contributed by atoms with van der Waals surface area (Å²) in [4.78, 5) is 53.4. The van der Waals surface area contributed by atoms with Crippen molar-refractivity contribution >= 4 is 35.5 Å². The van der Waals surface area contributed by atoms with Gasteiger partial charge in [0, 0.05) is 42.2 Å². The molecular formula is C32H36N2O11S. The van der Waals surface area contributed by atoms with Gasteiger partial charge in [-0.1, -0.05) is 0 Å². The largest absolute Gasteiger partial charge is 0.493 e. The highest BCUT2D eigenvalue weighted by atomic mass is 32.2. The van der Waals surface area contributed by atoms with Gasteiger partial charge in [0.1, 0.15) is 6.10 Å².